The van der Waals surface area contributed by atoms with Crippen molar-refractivity contribution in [3.63, 3.8) is 0 Å². The summed E-state index contributed by atoms with van der Waals surface area (Å²) in [4.78, 5) is 14.8. The van der Waals surface area contributed by atoms with Crippen molar-refractivity contribution >= 4 is 11.6 Å². The molecule has 0 aliphatic carbocycles. The van der Waals surface area contributed by atoms with Gasteiger partial charge in [0, 0.05) is 44.4 Å². The third kappa shape index (κ3) is 8.11. The monoisotopic (exact) mass is 430 g/mol. The van der Waals surface area contributed by atoms with Crippen LogP contribution in [0.25, 0.3) is 0 Å². The van der Waals surface area contributed by atoms with Crippen molar-refractivity contribution in [1.82, 2.24) is 4.90 Å². The Morgan fingerprint density at radius 1 is 0.903 bits per heavy atom. The molecular formula is C24H34N2O5. The highest BCUT2D eigenvalue weighted by Gasteiger charge is 2.15. The average molecular weight is 431 g/mol. The number of hydrogen-bond acceptors (Lipinski definition) is 6. The third-order valence-electron chi connectivity index (χ3n) is 5.00. The summed E-state index contributed by atoms with van der Waals surface area (Å²) in [7, 11) is 6.34. The minimum absolute atomic E-state index is 0.0697. The molecule has 0 saturated heterocycles. The van der Waals surface area contributed by atoms with Gasteiger partial charge in [-0.2, -0.15) is 0 Å². The molecule has 170 valence electrons. The lowest BCUT2D eigenvalue weighted by Crippen LogP contribution is -2.32. The van der Waals surface area contributed by atoms with E-state index in [9.17, 15) is 4.79 Å². The quantitative estimate of drug-likeness (QED) is 0.494. The number of methoxy groups -OCH3 is 4. The first-order valence-electron chi connectivity index (χ1n) is 10.5. The Labute approximate surface area is 185 Å². The fourth-order valence-electron chi connectivity index (χ4n) is 3.34. The first-order chi connectivity index (χ1) is 15.1. The molecule has 0 saturated carbocycles. The van der Waals surface area contributed by atoms with Gasteiger partial charge in [-0.3, -0.25) is 4.79 Å². The van der Waals surface area contributed by atoms with E-state index in [0.29, 0.717) is 42.5 Å². The van der Waals surface area contributed by atoms with Crippen LogP contribution in [-0.4, -0.2) is 65.5 Å². The number of aryl methyl sites for hydroxylation is 1. The van der Waals surface area contributed by atoms with Crippen LogP contribution in [0.3, 0.4) is 0 Å². The number of carbonyl (C=O) groups is 1. The minimum atomic E-state index is -0.0697. The van der Waals surface area contributed by atoms with Crippen LogP contribution in [0, 0.1) is 0 Å². The molecule has 31 heavy (non-hydrogen) atoms. The number of nitrogens with one attached hydrogen (secondary N) is 1. The van der Waals surface area contributed by atoms with Crippen molar-refractivity contribution in [1.29, 1.82) is 0 Å². The molecule has 7 heteroatoms. The zero-order chi connectivity index (χ0) is 22.5. The van der Waals surface area contributed by atoms with Crippen molar-refractivity contribution in [2.75, 3.05) is 60.0 Å². The standard InChI is InChI=1S/C24H34N2O5/c1-28-16-15-26(13-8-11-19-9-6-5-7-10-19)14-12-23(27)25-20-17-21(29-2)24(31-4)22(18-20)30-3/h5-7,9-10,17-18H,8,11-16H2,1-4H3,(H,25,27). The molecule has 0 unspecified atom stereocenters. The molecule has 1 amide bonds. The molecule has 0 radical (unpaired) electrons. The Balaban J connectivity index is 1.89. The minimum Gasteiger partial charge on any atom is -0.493 e. The number of hydrogen-bond donors (Lipinski definition) is 1. The lowest BCUT2D eigenvalue weighted by Gasteiger charge is -2.22. The van der Waals surface area contributed by atoms with Gasteiger partial charge in [0.15, 0.2) is 11.5 Å². The van der Waals surface area contributed by atoms with Crippen LogP contribution in [0.5, 0.6) is 17.2 Å². The summed E-state index contributed by atoms with van der Waals surface area (Å²) in [5, 5.41) is 2.92. The molecule has 1 N–H and O–H groups in total. The second-order valence-electron chi connectivity index (χ2n) is 7.14. The molecular weight excluding hydrogens is 396 g/mol. The lowest BCUT2D eigenvalue weighted by atomic mass is 10.1. The lowest BCUT2D eigenvalue weighted by molar-refractivity contribution is -0.116. The van der Waals surface area contributed by atoms with E-state index in [4.69, 9.17) is 18.9 Å². The van der Waals surface area contributed by atoms with Crippen LogP contribution in [0.2, 0.25) is 0 Å². The van der Waals surface area contributed by atoms with Gasteiger partial charge < -0.3 is 29.2 Å². The number of amides is 1. The van der Waals surface area contributed by atoms with Crippen molar-refractivity contribution < 1.29 is 23.7 Å². The van der Waals surface area contributed by atoms with Gasteiger partial charge in [0.05, 0.1) is 27.9 Å². The molecule has 0 bridgehead atoms. The van der Waals surface area contributed by atoms with Gasteiger partial charge in [-0.05, 0) is 24.9 Å². The molecule has 0 spiro atoms. The molecule has 2 aromatic rings. The van der Waals surface area contributed by atoms with Crippen molar-refractivity contribution in [2.45, 2.75) is 19.3 Å². The number of benzene rings is 2. The van der Waals surface area contributed by atoms with E-state index in [1.807, 2.05) is 6.07 Å². The summed E-state index contributed by atoms with van der Waals surface area (Å²) in [6.45, 7) is 3.01. The van der Waals surface area contributed by atoms with Crippen LogP contribution in [0.1, 0.15) is 18.4 Å². The van der Waals surface area contributed by atoms with E-state index >= 15 is 0 Å². The Hall–Kier alpha value is -2.77. The highest BCUT2D eigenvalue weighted by Crippen LogP contribution is 2.39. The van der Waals surface area contributed by atoms with Crippen LogP contribution in [-0.2, 0) is 16.0 Å². The fraction of sp³-hybridized carbons (Fsp3) is 0.458. The van der Waals surface area contributed by atoms with Gasteiger partial charge in [0.25, 0.3) is 0 Å². The molecule has 0 aromatic heterocycles. The van der Waals surface area contributed by atoms with E-state index in [2.05, 4.69) is 34.5 Å². The second-order valence-corrected chi connectivity index (χ2v) is 7.14. The number of carbonyl (C=O) groups excluding carboxylic acids is 1. The SMILES string of the molecule is COCCN(CCCc1ccccc1)CCC(=O)Nc1cc(OC)c(OC)c(OC)c1. The Bertz CT molecular complexity index is 773. The number of nitrogens with zero attached hydrogens (tertiary/aromatic N) is 1. The van der Waals surface area contributed by atoms with Crippen molar-refractivity contribution in [3.05, 3.63) is 48.0 Å². The zero-order valence-corrected chi connectivity index (χ0v) is 19.0. The summed E-state index contributed by atoms with van der Waals surface area (Å²) in [6.07, 6.45) is 2.43. The summed E-state index contributed by atoms with van der Waals surface area (Å²) in [5.41, 5.74) is 1.93. The van der Waals surface area contributed by atoms with Gasteiger partial charge in [0.2, 0.25) is 11.7 Å². The maximum atomic E-state index is 12.6. The molecule has 2 aromatic carbocycles. The first-order valence-corrected chi connectivity index (χ1v) is 10.5. The molecule has 0 atom stereocenters. The van der Waals surface area contributed by atoms with Crippen molar-refractivity contribution in [3.8, 4) is 17.2 Å². The number of ether oxygens (including phenoxy) is 4. The van der Waals surface area contributed by atoms with E-state index in [1.54, 1.807) is 40.6 Å². The highest BCUT2D eigenvalue weighted by molar-refractivity contribution is 5.91. The Morgan fingerprint density at radius 3 is 2.16 bits per heavy atom. The van der Waals surface area contributed by atoms with Gasteiger partial charge in [-0.15, -0.1) is 0 Å². The summed E-state index contributed by atoms with van der Waals surface area (Å²) >= 11 is 0. The van der Waals surface area contributed by atoms with Gasteiger partial charge >= 0.3 is 0 Å². The maximum Gasteiger partial charge on any atom is 0.225 e. The zero-order valence-electron chi connectivity index (χ0n) is 19.0. The van der Waals surface area contributed by atoms with Crippen molar-refractivity contribution in [2.24, 2.45) is 0 Å². The van der Waals surface area contributed by atoms with Crippen LogP contribution in [0.4, 0.5) is 5.69 Å². The van der Waals surface area contributed by atoms with Gasteiger partial charge in [0.1, 0.15) is 0 Å². The van der Waals surface area contributed by atoms with Crippen LogP contribution < -0.4 is 19.5 Å². The highest BCUT2D eigenvalue weighted by atomic mass is 16.5. The van der Waals surface area contributed by atoms with Crippen LogP contribution in [0.15, 0.2) is 42.5 Å². The number of anilines is 1. The number of rotatable bonds is 14. The normalized spacial score (nSPS) is 10.7. The van der Waals surface area contributed by atoms with E-state index in [-0.39, 0.29) is 5.91 Å². The first kappa shape index (κ1) is 24.5. The molecule has 7 nitrogen and oxygen atoms in total. The van der Waals surface area contributed by atoms with Crippen LogP contribution >= 0.6 is 0 Å². The van der Waals surface area contributed by atoms with Gasteiger partial charge in [-0.1, -0.05) is 30.3 Å². The second kappa shape index (κ2) is 13.5. The molecule has 0 aliphatic heterocycles. The Kier molecular flexibility index (Phi) is 10.7. The topological polar surface area (TPSA) is 69.3 Å². The largest absolute Gasteiger partial charge is 0.493 e. The predicted octanol–water partition coefficient (Wildman–Crippen LogP) is 3.62. The van der Waals surface area contributed by atoms with E-state index < -0.39 is 0 Å². The van der Waals surface area contributed by atoms with E-state index in [0.717, 1.165) is 25.9 Å². The fourth-order valence-corrected chi connectivity index (χ4v) is 3.34. The average Bonchev–Trinajstić information content (AvgIpc) is 2.80. The molecule has 2 rings (SSSR count). The predicted molar refractivity (Wildman–Crippen MR) is 122 cm³/mol. The Morgan fingerprint density at radius 2 is 1.58 bits per heavy atom. The molecule has 0 aliphatic rings. The third-order valence-corrected chi connectivity index (χ3v) is 5.00. The summed E-state index contributed by atoms with van der Waals surface area (Å²) in [5.74, 6) is 1.42. The molecule has 0 fully saturated rings. The van der Waals surface area contributed by atoms with E-state index in [1.165, 1.54) is 5.56 Å². The maximum absolute atomic E-state index is 12.6. The summed E-state index contributed by atoms with van der Waals surface area (Å²) in [6, 6.07) is 13.9. The summed E-state index contributed by atoms with van der Waals surface area (Å²) < 4.78 is 21.2. The van der Waals surface area contributed by atoms with Gasteiger partial charge in [-0.25, -0.2) is 0 Å². The molecule has 0 heterocycles. The smallest absolute Gasteiger partial charge is 0.225 e.